The van der Waals surface area contributed by atoms with E-state index in [4.69, 9.17) is 4.74 Å². The lowest BCUT2D eigenvalue weighted by Crippen LogP contribution is -2.50. The van der Waals surface area contributed by atoms with Crippen molar-refractivity contribution in [1.29, 1.82) is 0 Å². The maximum absolute atomic E-state index is 12.4. The van der Waals surface area contributed by atoms with Crippen LogP contribution in [0.15, 0.2) is 35.7 Å². The monoisotopic (exact) mass is 400 g/mol. The fourth-order valence-corrected chi connectivity index (χ4v) is 4.16. The van der Waals surface area contributed by atoms with Crippen LogP contribution in [0.25, 0.3) is 0 Å². The molecule has 150 valence electrons. The summed E-state index contributed by atoms with van der Waals surface area (Å²) in [6.07, 6.45) is 1.64. The van der Waals surface area contributed by atoms with Crippen LogP contribution in [-0.2, 0) is 16.0 Å². The number of para-hydroxylation sites is 1. The van der Waals surface area contributed by atoms with E-state index in [1.165, 1.54) is 0 Å². The molecule has 0 bridgehead atoms. The fourth-order valence-electron chi connectivity index (χ4n) is 3.46. The van der Waals surface area contributed by atoms with Crippen LogP contribution in [0.1, 0.15) is 28.8 Å². The summed E-state index contributed by atoms with van der Waals surface area (Å²) in [5.41, 5.74) is 2.24. The summed E-state index contributed by atoms with van der Waals surface area (Å²) < 4.78 is 5.88. The molecule has 6 heteroatoms. The highest BCUT2D eigenvalue weighted by Gasteiger charge is 2.24. The van der Waals surface area contributed by atoms with Crippen molar-refractivity contribution in [2.45, 2.75) is 33.1 Å². The molecular weight excluding hydrogens is 372 g/mol. The van der Waals surface area contributed by atoms with Gasteiger partial charge in [0.05, 0.1) is 13.0 Å². The Kier molecular flexibility index (Phi) is 7.09. The number of thiophene rings is 1. The number of carbonyl (C=O) groups is 2. The molecule has 0 unspecified atom stereocenters. The summed E-state index contributed by atoms with van der Waals surface area (Å²) in [5.74, 6) is 1.22. The second-order valence-electron chi connectivity index (χ2n) is 7.19. The highest BCUT2D eigenvalue weighted by Crippen LogP contribution is 2.22. The molecule has 28 heavy (non-hydrogen) atoms. The number of amides is 2. The predicted molar refractivity (Wildman–Crippen MR) is 112 cm³/mol. The SMILES string of the molecule is Cc1cccc(C)c1OCCCC(=O)N1CCN(C(=O)Cc2cccs2)CC1. The number of hydrogen-bond donors (Lipinski definition) is 0. The number of carbonyl (C=O) groups excluding carboxylic acids is 2. The quantitative estimate of drug-likeness (QED) is 0.669. The first-order valence-corrected chi connectivity index (χ1v) is 10.7. The van der Waals surface area contributed by atoms with Crippen molar-refractivity contribution in [1.82, 2.24) is 9.80 Å². The van der Waals surface area contributed by atoms with Crippen LogP contribution in [0.3, 0.4) is 0 Å². The topological polar surface area (TPSA) is 49.9 Å². The summed E-state index contributed by atoms with van der Waals surface area (Å²) in [6.45, 7) is 7.08. The van der Waals surface area contributed by atoms with Crippen LogP contribution < -0.4 is 4.74 Å². The molecule has 1 aromatic heterocycles. The molecule has 2 aromatic rings. The number of hydrogen-bond acceptors (Lipinski definition) is 4. The van der Waals surface area contributed by atoms with Crippen molar-refractivity contribution in [2.24, 2.45) is 0 Å². The molecule has 0 atom stereocenters. The van der Waals surface area contributed by atoms with Crippen LogP contribution in [0, 0.1) is 13.8 Å². The van der Waals surface area contributed by atoms with Gasteiger partial charge in [0.15, 0.2) is 0 Å². The smallest absolute Gasteiger partial charge is 0.227 e. The van der Waals surface area contributed by atoms with Gasteiger partial charge in [-0.1, -0.05) is 24.3 Å². The van der Waals surface area contributed by atoms with Gasteiger partial charge in [-0.05, 0) is 42.8 Å². The summed E-state index contributed by atoms with van der Waals surface area (Å²) in [7, 11) is 0. The lowest BCUT2D eigenvalue weighted by molar-refractivity contribution is -0.139. The second-order valence-corrected chi connectivity index (χ2v) is 8.22. The summed E-state index contributed by atoms with van der Waals surface area (Å²) >= 11 is 1.61. The van der Waals surface area contributed by atoms with Gasteiger partial charge in [0.2, 0.25) is 11.8 Å². The maximum atomic E-state index is 12.4. The highest BCUT2D eigenvalue weighted by molar-refractivity contribution is 7.10. The molecular formula is C22H28N2O3S. The molecule has 0 spiro atoms. The molecule has 1 fully saturated rings. The molecule has 5 nitrogen and oxygen atoms in total. The Balaban J connectivity index is 1.36. The van der Waals surface area contributed by atoms with E-state index in [-0.39, 0.29) is 11.8 Å². The van der Waals surface area contributed by atoms with E-state index in [1.807, 2.05) is 59.4 Å². The predicted octanol–water partition coefficient (Wildman–Crippen LogP) is 3.44. The first kappa shape index (κ1) is 20.4. The zero-order valence-electron chi connectivity index (χ0n) is 16.6. The minimum absolute atomic E-state index is 0.149. The number of aryl methyl sites for hydroxylation is 2. The number of ether oxygens (including phenoxy) is 1. The third-order valence-corrected chi connectivity index (χ3v) is 5.96. The summed E-state index contributed by atoms with van der Waals surface area (Å²) in [4.78, 5) is 29.6. The van der Waals surface area contributed by atoms with Crippen molar-refractivity contribution >= 4 is 23.2 Å². The van der Waals surface area contributed by atoms with E-state index in [9.17, 15) is 9.59 Å². The van der Waals surface area contributed by atoms with Gasteiger partial charge in [0, 0.05) is 37.5 Å². The number of nitrogens with zero attached hydrogens (tertiary/aromatic N) is 2. The molecule has 2 amide bonds. The summed E-state index contributed by atoms with van der Waals surface area (Å²) in [5, 5.41) is 1.99. The average molecular weight is 401 g/mol. The molecule has 0 N–H and O–H groups in total. The molecule has 0 saturated carbocycles. The second kappa shape index (κ2) is 9.73. The van der Waals surface area contributed by atoms with E-state index in [2.05, 4.69) is 0 Å². The summed E-state index contributed by atoms with van der Waals surface area (Å²) in [6, 6.07) is 10.0. The zero-order valence-corrected chi connectivity index (χ0v) is 17.5. The van der Waals surface area contributed by atoms with E-state index >= 15 is 0 Å². The van der Waals surface area contributed by atoms with Crippen LogP contribution in [-0.4, -0.2) is 54.4 Å². The lowest BCUT2D eigenvalue weighted by atomic mass is 10.1. The Bertz CT molecular complexity index is 776. The third-order valence-electron chi connectivity index (χ3n) is 5.08. The third kappa shape index (κ3) is 5.35. The Morgan fingerprint density at radius 3 is 2.21 bits per heavy atom. The fraction of sp³-hybridized carbons (Fsp3) is 0.455. The van der Waals surface area contributed by atoms with Gasteiger partial charge in [-0.2, -0.15) is 0 Å². The Labute approximate surface area is 170 Å². The van der Waals surface area contributed by atoms with Crippen molar-refractivity contribution in [3.8, 4) is 5.75 Å². The van der Waals surface area contributed by atoms with Crippen molar-refractivity contribution in [2.75, 3.05) is 32.8 Å². The van der Waals surface area contributed by atoms with Crippen LogP contribution in [0.2, 0.25) is 0 Å². The average Bonchev–Trinajstić information content (AvgIpc) is 3.20. The maximum Gasteiger partial charge on any atom is 0.227 e. The first-order chi connectivity index (χ1) is 13.5. The molecule has 0 aliphatic carbocycles. The van der Waals surface area contributed by atoms with Crippen molar-refractivity contribution in [3.05, 3.63) is 51.7 Å². The minimum Gasteiger partial charge on any atom is -0.493 e. The van der Waals surface area contributed by atoms with Gasteiger partial charge >= 0.3 is 0 Å². The molecule has 3 rings (SSSR count). The number of piperazine rings is 1. The molecule has 1 aliphatic rings. The molecule has 1 saturated heterocycles. The lowest BCUT2D eigenvalue weighted by Gasteiger charge is -2.35. The Hall–Kier alpha value is -2.34. The van der Waals surface area contributed by atoms with Crippen molar-refractivity contribution < 1.29 is 14.3 Å². The molecule has 2 heterocycles. The Morgan fingerprint density at radius 1 is 0.964 bits per heavy atom. The largest absolute Gasteiger partial charge is 0.493 e. The van der Waals surface area contributed by atoms with Gasteiger partial charge < -0.3 is 14.5 Å². The van der Waals surface area contributed by atoms with E-state index in [0.717, 1.165) is 21.8 Å². The van der Waals surface area contributed by atoms with Gasteiger partial charge in [-0.3, -0.25) is 9.59 Å². The minimum atomic E-state index is 0.149. The highest BCUT2D eigenvalue weighted by atomic mass is 32.1. The van der Waals surface area contributed by atoms with Gasteiger partial charge in [0.1, 0.15) is 5.75 Å². The van der Waals surface area contributed by atoms with Gasteiger partial charge in [-0.25, -0.2) is 0 Å². The van der Waals surface area contributed by atoms with E-state index in [0.29, 0.717) is 52.0 Å². The van der Waals surface area contributed by atoms with E-state index < -0.39 is 0 Å². The van der Waals surface area contributed by atoms with E-state index in [1.54, 1.807) is 11.3 Å². The van der Waals surface area contributed by atoms with Crippen LogP contribution >= 0.6 is 11.3 Å². The molecule has 0 radical (unpaired) electrons. The number of rotatable bonds is 7. The van der Waals surface area contributed by atoms with Crippen LogP contribution in [0.5, 0.6) is 5.75 Å². The number of benzene rings is 1. The normalized spacial score (nSPS) is 14.2. The molecule has 1 aliphatic heterocycles. The zero-order chi connectivity index (χ0) is 19.9. The Morgan fingerprint density at radius 2 is 1.61 bits per heavy atom. The van der Waals surface area contributed by atoms with Gasteiger partial charge in [0.25, 0.3) is 0 Å². The molecule has 1 aromatic carbocycles. The first-order valence-electron chi connectivity index (χ1n) is 9.81. The van der Waals surface area contributed by atoms with Gasteiger partial charge in [-0.15, -0.1) is 11.3 Å². The van der Waals surface area contributed by atoms with Crippen molar-refractivity contribution in [3.63, 3.8) is 0 Å². The van der Waals surface area contributed by atoms with Crippen LogP contribution in [0.4, 0.5) is 0 Å². The standard InChI is InChI=1S/C22H28N2O3S/c1-17-6-3-7-18(2)22(17)27-14-4-9-20(25)23-10-12-24(13-11-23)21(26)16-19-8-5-15-28-19/h3,5-8,15H,4,9-14,16H2,1-2H3.